The van der Waals surface area contributed by atoms with E-state index in [0.717, 1.165) is 42.9 Å². The molecule has 0 atom stereocenters. The lowest BCUT2D eigenvalue weighted by atomic mass is 9.95. The van der Waals surface area contributed by atoms with Crippen LogP contribution in [0, 0.1) is 5.92 Å². The highest BCUT2D eigenvalue weighted by Crippen LogP contribution is 2.28. The minimum Gasteiger partial charge on any atom is -0.497 e. The van der Waals surface area contributed by atoms with Gasteiger partial charge in [0.05, 0.1) is 20.3 Å². The van der Waals surface area contributed by atoms with Gasteiger partial charge >= 0.3 is 0 Å². The Morgan fingerprint density at radius 1 is 1.11 bits per heavy atom. The smallest absolute Gasteiger partial charge is 0.297 e. The fourth-order valence-electron chi connectivity index (χ4n) is 3.66. The average Bonchev–Trinajstić information content (AvgIpc) is 3.24. The van der Waals surface area contributed by atoms with Crippen LogP contribution < -0.4 is 9.64 Å². The standard InChI is InChI=1S/C20H25N3O4/c1-25-17-4-2-15(3-5-17)18-14-27-20(21-18)23-8-6-16(7-9-23)19(24)22-10-12-26-13-11-22/h2-5,14,16H,6-13H2,1H3. The van der Waals surface area contributed by atoms with E-state index in [4.69, 9.17) is 13.9 Å². The van der Waals surface area contributed by atoms with E-state index in [0.29, 0.717) is 32.3 Å². The van der Waals surface area contributed by atoms with Crippen LogP contribution in [0.25, 0.3) is 11.3 Å². The van der Waals surface area contributed by atoms with Crippen LogP contribution in [0.2, 0.25) is 0 Å². The van der Waals surface area contributed by atoms with Crippen LogP contribution in [0.3, 0.4) is 0 Å². The van der Waals surface area contributed by atoms with Gasteiger partial charge in [-0.2, -0.15) is 4.98 Å². The quantitative estimate of drug-likeness (QED) is 0.822. The third-order valence-electron chi connectivity index (χ3n) is 5.32. The zero-order chi connectivity index (χ0) is 18.6. The first-order valence-corrected chi connectivity index (χ1v) is 9.46. The summed E-state index contributed by atoms with van der Waals surface area (Å²) in [5.74, 6) is 1.18. The van der Waals surface area contributed by atoms with E-state index in [-0.39, 0.29) is 11.8 Å². The number of aromatic nitrogens is 1. The largest absolute Gasteiger partial charge is 0.497 e. The van der Waals surface area contributed by atoms with Crippen molar-refractivity contribution in [1.29, 1.82) is 0 Å². The van der Waals surface area contributed by atoms with Crippen LogP contribution in [0.4, 0.5) is 6.01 Å². The first-order valence-electron chi connectivity index (χ1n) is 9.46. The lowest BCUT2D eigenvalue weighted by Gasteiger charge is -2.34. The minimum atomic E-state index is 0.0929. The van der Waals surface area contributed by atoms with Gasteiger partial charge in [-0.15, -0.1) is 0 Å². The highest BCUT2D eigenvalue weighted by Gasteiger charge is 2.30. The van der Waals surface area contributed by atoms with E-state index in [2.05, 4.69) is 9.88 Å². The van der Waals surface area contributed by atoms with Crippen molar-refractivity contribution in [3.8, 4) is 17.0 Å². The molecule has 27 heavy (non-hydrogen) atoms. The molecule has 1 amide bonds. The molecule has 0 bridgehead atoms. The molecule has 0 spiro atoms. The van der Waals surface area contributed by atoms with E-state index in [1.807, 2.05) is 29.2 Å². The summed E-state index contributed by atoms with van der Waals surface area (Å²) in [5.41, 5.74) is 1.79. The second-order valence-corrected chi connectivity index (χ2v) is 6.94. The number of carbonyl (C=O) groups is 1. The number of benzene rings is 1. The van der Waals surface area contributed by atoms with Crippen LogP contribution in [0.5, 0.6) is 5.75 Å². The van der Waals surface area contributed by atoms with Crippen LogP contribution in [-0.4, -0.2) is 62.3 Å². The van der Waals surface area contributed by atoms with Gasteiger partial charge in [-0.25, -0.2) is 0 Å². The molecule has 2 fully saturated rings. The molecule has 2 aliphatic heterocycles. The Balaban J connectivity index is 1.35. The van der Waals surface area contributed by atoms with Gasteiger partial charge in [-0.1, -0.05) is 0 Å². The molecule has 144 valence electrons. The van der Waals surface area contributed by atoms with E-state index in [1.165, 1.54) is 0 Å². The van der Waals surface area contributed by atoms with Gasteiger partial charge in [-0.05, 0) is 37.1 Å². The third-order valence-corrected chi connectivity index (χ3v) is 5.32. The molecule has 2 aliphatic rings. The number of hydrogen-bond donors (Lipinski definition) is 0. The van der Waals surface area contributed by atoms with Gasteiger partial charge in [0.1, 0.15) is 17.7 Å². The molecule has 0 aliphatic carbocycles. The highest BCUT2D eigenvalue weighted by molar-refractivity contribution is 5.79. The van der Waals surface area contributed by atoms with Gasteiger partial charge < -0.3 is 23.7 Å². The topological polar surface area (TPSA) is 68.0 Å². The normalized spacial score (nSPS) is 18.6. The number of anilines is 1. The Labute approximate surface area is 158 Å². The van der Waals surface area contributed by atoms with Crippen molar-refractivity contribution >= 4 is 11.9 Å². The number of oxazole rings is 1. The molecule has 0 unspecified atom stereocenters. The van der Waals surface area contributed by atoms with Gasteiger partial charge in [-0.3, -0.25) is 4.79 Å². The molecule has 0 N–H and O–H groups in total. The van der Waals surface area contributed by atoms with E-state index < -0.39 is 0 Å². The summed E-state index contributed by atoms with van der Waals surface area (Å²) in [4.78, 5) is 21.3. The van der Waals surface area contributed by atoms with Gasteiger partial charge in [0.25, 0.3) is 6.01 Å². The summed E-state index contributed by atoms with van der Waals surface area (Å²) in [5, 5.41) is 0. The zero-order valence-electron chi connectivity index (χ0n) is 15.6. The molecule has 4 rings (SSSR count). The minimum absolute atomic E-state index is 0.0929. The monoisotopic (exact) mass is 371 g/mol. The molecule has 0 radical (unpaired) electrons. The Bertz CT molecular complexity index is 760. The fraction of sp³-hybridized carbons (Fsp3) is 0.500. The maximum atomic E-state index is 12.6. The SMILES string of the molecule is COc1ccc(-c2coc(N3CCC(C(=O)N4CCOCC4)CC3)n2)cc1. The predicted molar refractivity (Wildman–Crippen MR) is 101 cm³/mol. The van der Waals surface area contributed by atoms with Crippen LogP contribution in [0.15, 0.2) is 34.9 Å². The van der Waals surface area contributed by atoms with Crippen molar-refractivity contribution in [2.45, 2.75) is 12.8 Å². The predicted octanol–water partition coefficient (Wildman–Crippen LogP) is 2.43. The summed E-state index contributed by atoms with van der Waals surface area (Å²) < 4.78 is 16.2. The number of ether oxygens (including phenoxy) is 2. The van der Waals surface area contributed by atoms with Gasteiger partial charge in [0.2, 0.25) is 5.91 Å². The molecule has 1 aromatic heterocycles. The van der Waals surface area contributed by atoms with E-state index in [1.54, 1.807) is 13.4 Å². The Morgan fingerprint density at radius 2 is 1.81 bits per heavy atom. The number of morpholine rings is 1. The molecular weight excluding hydrogens is 346 g/mol. The summed E-state index contributed by atoms with van der Waals surface area (Å²) in [6.07, 6.45) is 3.34. The number of amides is 1. The number of hydrogen-bond acceptors (Lipinski definition) is 6. The summed E-state index contributed by atoms with van der Waals surface area (Å²) in [6, 6.07) is 8.37. The van der Waals surface area contributed by atoms with Crippen molar-refractivity contribution in [2.75, 3.05) is 51.4 Å². The Hall–Kier alpha value is -2.54. The average molecular weight is 371 g/mol. The second kappa shape index (κ2) is 8.00. The molecule has 1 aromatic carbocycles. The lowest BCUT2D eigenvalue weighted by Crippen LogP contribution is -2.46. The first kappa shape index (κ1) is 17.9. The second-order valence-electron chi connectivity index (χ2n) is 6.94. The Morgan fingerprint density at radius 3 is 2.48 bits per heavy atom. The maximum Gasteiger partial charge on any atom is 0.297 e. The molecular formula is C20H25N3O4. The van der Waals surface area contributed by atoms with E-state index >= 15 is 0 Å². The summed E-state index contributed by atoms with van der Waals surface area (Å²) in [7, 11) is 1.65. The highest BCUT2D eigenvalue weighted by atomic mass is 16.5. The number of piperidine rings is 1. The lowest BCUT2D eigenvalue weighted by molar-refractivity contribution is -0.140. The molecule has 3 heterocycles. The van der Waals surface area contributed by atoms with Crippen LogP contribution in [0.1, 0.15) is 12.8 Å². The molecule has 2 saturated heterocycles. The maximum absolute atomic E-state index is 12.6. The summed E-state index contributed by atoms with van der Waals surface area (Å²) >= 11 is 0. The molecule has 0 saturated carbocycles. The first-order chi connectivity index (χ1) is 13.2. The van der Waals surface area contributed by atoms with Crippen LogP contribution >= 0.6 is 0 Å². The zero-order valence-corrected chi connectivity index (χ0v) is 15.6. The van der Waals surface area contributed by atoms with Crippen LogP contribution in [-0.2, 0) is 9.53 Å². The number of rotatable bonds is 4. The molecule has 7 nitrogen and oxygen atoms in total. The van der Waals surface area contributed by atoms with Crippen molar-refractivity contribution < 1.29 is 18.7 Å². The fourth-order valence-corrected chi connectivity index (χ4v) is 3.66. The van der Waals surface area contributed by atoms with Gasteiger partial charge in [0, 0.05) is 37.7 Å². The van der Waals surface area contributed by atoms with Gasteiger partial charge in [0.15, 0.2) is 0 Å². The number of carbonyl (C=O) groups excluding carboxylic acids is 1. The molecule has 2 aromatic rings. The number of methoxy groups -OCH3 is 1. The Kier molecular flexibility index (Phi) is 5.29. The van der Waals surface area contributed by atoms with Crippen molar-refractivity contribution in [2.24, 2.45) is 5.92 Å². The van der Waals surface area contributed by atoms with Crippen molar-refractivity contribution in [3.05, 3.63) is 30.5 Å². The third kappa shape index (κ3) is 3.93. The molecule has 7 heteroatoms. The summed E-state index contributed by atoms with van der Waals surface area (Å²) in [6.45, 7) is 4.28. The van der Waals surface area contributed by atoms with Crippen molar-refractivity contribution in [3.63, 3.8) is 0 Å². The number of nitrogens with zero attached hydrogens (tertiary/aromatic N) is 3. The van der Waals surface area contributed by atoms with Crippen molar-refractivity contribution in [1.82, 2.24) is 9.88 Å². The van der Waals surface area contributed by atoms with E-state index in [9.17, 15) is 4.79 Å².